The second kappa shape index (κ2) is 14.9. The summed E-state index contributed by atoms with van der Waals surface area (Å²) in [4.78, 5) is 64.1. The Morgan fingerprint density at radius 2 is 1.76 bits per heavy atom. The largest absolute Gasteiger partial charge is 0.486 e. The number of nitrogens with one attached hydrogen (secondary N) is 2. The number of halogens is 2. The van der Waals surface area contributed by atoms with Crippen molar-refractivity contribution in [1.82, 2.24) is 5.32 Å². The normalized spacial score (nSPS) is 37.1. The Morgan fingerprint density at radius 1 is 1.07 bits per heavy atom. The average molecular weight is 769 g/mol. The summed E-state index contributed by atoms with van der Waals surface area (Å²) in [5.74, 6) is -3.86. The zero-order valence-corrected chi connectivity index (χ0v) is 32.7. The zero-order chi connectivity index (χ0) is 40.2. The summed E-state index contributed by atoms with van der Waals surface area (Å²) >= 11 is 0. The van der Waals surface area contributed by atoms with Crippen molar-refractivity contribution in [2.24, 2.45) is 34.5 Å². The quantitative estimate of drug-likeness (QED) is 0.235. The molecule has 1 heterocycles. The molecule has 0 spiro atoms. The number of carbonyl (C=O) groups excluding carboxylic acids is 5. The molecule has 4 aliphatic carbocycles. The molecule has 1 aliphatic heterocycles. The number of aliphatic hydroxyl groups excluding tert-OH is 1. The van der Waals surface area contributed by atoms with Gasteiger partial charge < -0.3 is 30.0 Å². The van der Waals surface area contributed by atoms with Crippen LogP contribution in [0, 0.1) is 34.5 Å². The molecule has 0 unspecified atom stereocenters. The first-order valence-electron chi connectivity index (χ1n) is 19.5. The first kappa shape index (κ1) is 40.8. The number of ketones is 3. The van der Waals surface area contributed by atoms with Gasteiger partial charge in [0.05, 0.1) is 18.2 Å². The average Bonchev–Trinajstić information content (AvgIpc) is 3.60. The number of hydrogen-bond acceptors (Lipinski definition) is 9. The van der Waals surface area contributed by atoms with Crippen LogP contribution in [0.4, 0.5) is 14.5 Å². The number of fused-ring (bicyclic) bond motifs is 7. The van der Waals surface area contributed by atoms with Crippen molar-refractivity contribution in [2.45, 2.75) is 129 Å². The van der Waals surface area contributed by atoms with Crippen LogP contribution in [-0.2, 0) is 33.4 Å². The van der Waals surface area contributed by atoms with Gasteiger partial charge in [-0.15, -0.1) is 0 Å². The lowest BCUT2D eigenvalue weighted by molar-refractivity contribution is -0.234. The summed E-state index contributed by atoms with van der Waals surface area (Å²) in [6, 6.07) is 5.69. The van der Waals surface area contributed by atoms with Crippen molar-refractivity contribution in [3.8, 4) is 5.75 Å². The summed E-state index contributed by atoms with van der Waals surface area (Å²) in [7, 11) is 0. The van der Waals surface area contributed by atoms with Crippen molar-refractivity contribution in [2.75, 3.05) is 11.9 Å². The summed E-state index contributed by atoms with van der Waals surface area (Å²) in [6.45, 7) is 11.5. The van der Waals surface area contributed by atoms with E-state index < -0.39 is 88.7 Å². The van der Waals surface area contributed by atoms with Crippen LogP contribution in [0.5, 0.6) is 5.75 Å². The highest BCUT2D eigenvalue weighted by Crippen LogP contribution is 2.72. The van der Waals surface area contributed by atoms with Gasteiger partial charge in [-0.25, -0.2) is 8.78 Å². The molecular formula is C42H54F2N2O9. The third kappa shape index (κ3) is 6.67. The van der Waals surface area contributed by atoms with E-state index in [1.165, 1.54) is 26.0 Å². The van der Waals surface area contributed by atoms with Gasteiger partial charge in [-0.1, -0.05) is 47.1 Å². The van der Waals surface area contributed by atoms with Gasteiger partial charge in [0, 0.05) is 41.7 Å². The fourth-order valence-electron chi connectivity index (χ4n) is 10.4. The Hall–Kier alpha value is -3.81. The van der Waals surface area contributed by atoms with Gasteiger partial charge in [0.15, 0.2) is 29.1 Å². The molecule has 0 bridgehead atoms. The Balaban J connectivity index is 1.17. The first-order chi connectivity index (χ1) is 25.8. The molecule has 13 heteroatoms. The lowest BCUT2D eigenvalue weighted by Crippen LogP contribution is -2.71. The second-order valence-corrected chi connectivity index (χ2v) is 17.0. The number of allylic oxidation sites excluding steroid dienone is 4. The highest BCUT2D eigenvalue weighted by Gasteiger charge is 2.80. The molecule has 55 heavy (non-hydrogen) atoms. The molecule has 0 aromatic heterocycles. The van der Waals surface area contributed by atoms with Crippen LogP contribution in [0.2, 0.25) is 0 Å². The van der Waals surface area contributed by atoms with Crippen molar-refractivity contribution in [1.29, 1.82) is 0 Å². The number of carbonyl (C=O) groups is 5. The maximum absolute atomic E-state index is 17.8. The van der Waals surface area contributed by atoms with E-state index in [2.05, 4.69) is 10.6 Å². The van der Waals surface area contributed by atoms with Gasteiger partial charge in [-0.2, -0.15) is 0 Å². The first-order valence-corrected chi connectivity index (χ1v) is 19.5. The van der Waals surface area contributed by atoms with Crippen LogP contribution < -0.4 is 15.4 Å². The lowest BCUT2D eigenvalue weighted by Gasteiger charge is -2.63. The molecule has 4 fully saturated rings. The molecule has 300 valence electrons. The van der Waals surface area contributed by atoms with Crippen molar-refractivity contribution < 1.29 is 52.1 Å². The second-order valence-electron chi connectivity index (χ2n) is 17.0. The standard InChI is InChI=1S/C42H54F2N2O9/c1-8-9-36-54-35-19-28-29-18-31(43)30-17-26(48)14-15-39(30,6)41(29,44)33(50)20-40(28,7)42(35,55-36)34(51)21-53-27-12-10-25(11-13-27)46-38(52)23(4)16-32(49)37(22(2)3)45-24(5)47/h10-15,17,22-23,28-29,31,33,35-37,50H,8-9,16,18-21H2,1-7H3,(H,45,47)(H,46,52)/t23-,28+,29+,31+,33+,35-,36-,37+,39+,40+,41+,42-/m1/s1. The third-order valence-electron chi connectivity index (χ3n) is 13.2. The molecular weight excluding hydrogens is 714 g/mol. The van der Waals surface area contributed by atoms with E-state index >= 15 is 8.78 Å². The number of benzene rings is 1. The Kier molecular flexibility index (Phi) is 11.1. The molecule has 1 saturated heterocycles. The van der Waals surface area contributed by atoms with Crippen LogP contribution in [-0.4, -0.2) is 82.9 Å². The molecule has 3 saturated carbocycles. The predicted octanol–water partition coefficient (Wildman–Crippen LogP) is 5.54. The van der Waals surface area contributed by atoms with Crippen molar-refractivity contribution in [3.63, 3.8) is 0 Å². The number of alkyl halides is 2. The highest BCUT2D eigenvalue weighted by atomic mass is 19.1. The van der Waals surface area contributed by atoms with Crippen molar-refractivity contribution in [3.05, 3.63) is 48.1 Å². The molecule has 6 rings (SSSR count). The van der Waals surface area contributed by atoms with Crippen molar-refractivity contribution >= 4 is 34.9 Å². The number of amides is 2. The number of rotatable bonds is 13. The van der Waals surface area contributed by atoms with E-state index in [0.29, 0.717) is 24.3 Å². The van der Waals surface area contributed by atoms with Crippen LogP contribution in [0.1, 0.15) is 87.0 Å². The summed E-state index contributed by atoms with van der Waals surface area (Å²) in [5.41, 5.74) is -6.13. The number of hydrogen-bond donors (Lipinski definition) is 3. The van der Waals surface area contributed by atoms with E-state index in [0.717, 1.165) is 6.08 Å². The highest BCUT2D eigenvalue weighted by molar-refractivity contribution is 6.01. The van der Waals surface area contributed by atoms with E-state index in [4.69, 9.17) is 14.2 Å². The lowest BCUT2D eigenvalue weighted by atomic mass is 9.44. The van der Waals surface area contributed by atoms with Gasteiger partial charge in [-0.3, -0.25) is 24.0 Å². The molecule has 0 radical (unpaired) electrons. The molecule has 2 amide bonds. The molecule has 1 aromatic carbocycles. The predicted molar refractivity (Wildman–Crippen MR) is 198 cm³/mol. The number of Topliss-reactive ketones (excluding diaryl/α,β-unsaturated/α-hetero) is 2. The number of aliphatic hydroxyl groups is 1. The van der Waals surface area contributed by atoms with Gasteiger partial charge in [0.2, 0.25) is 17.6 Å². The van der Waals surface area contributed by atoms with E-state index in [-0.39, 0.29) is 54.8 Å². The molecule has 3 N–H and O–H groups in total. The third-order valence-corrected chi connectivity index (χ3v) is 13.2. The minimum Gasteiger partial charge on any atom is -0.486 e. The summed E-state index contributed by atoms with van der Waals surface area (Å²) in [6.07, 6.45) is 0.0623. The van der Waals surface area contributed by atoms with Gasteiger partial charge in [-0.05, 0) is 86.4 Å². The van der Waals surface area contributed by atoms with Gasteiger partial charge in [0.1, 0.15) is 18.5 Å². The topological polar surface area (TPSA) is 157 Å². The number of ether oxygens (including phenoxy) is 3. The molecule has 5 aliphatic rings. The maximum Gasteiger partial charge on any atom is 0.227 e. The number of anilines is 1. The Labute approximate surface area is 321 Å². The van der Waals surface area contributed by atoms with E-state index in [1.807, 2.05) is 27.7 Å². The zero-order valence-electron chi connectivity index (χ0n) is 32.7. The monoisotopic (exact) mass is 768 g/mol. The summed E-state index contributed by atoms with van der Waals surface area (Å²) in [5, 5.41) is 17.3. The van der Waals surface area contributed by atoms with Crippen LogP contribution >= 0.6 is 0 Å². The fourth-order valence-corrected chi connectivity index (χ4v) is 10.4. The summed E-state index contributed by atoms with van der Waals surface area (Å²) < 4.78 is 52.7. The Morgan fingerprint density at radius 3 is 2.40 bits per heavy atom. The van der Waals surface area contributed by atoms with Gasteiger partial charge in [0.25, 0.3) is 0 Å². The molecule has 11 nitrogen and oxygen atoms in total. The van der Waals surface area contributed by atoms with Crippen LogP contribution in [0.25, 0.3) is 0 Å². The minimum absolute atomic E-state index is 0.0305. The van der Waals surface area contributed by atoms with Crippen LogP contribution in [0.15, 0.2) is 48.1 Å². The Bertz CT molecular complexity index is 1780. The SMILES string of the molecule is CCC[C@@H]1O[C@@H]2C[C@H]3[C@@H]4C[C@H](F)C5=CC(=O)C=C[C@]5(C)[C@@]4(F)[C@@H](O)C[C@]3(C)[C@]2(C(=O)COc2ccc(NC(=O)[C@H](C)CC(=O)[C@@H](NC(C)=O)C(C)C)cc2)O1. The van der Waals surface area contributed by atoms with E-state index in [1.54, 1.807) is 31.2 Å². The maximum atomic E-state index is 17.8. The van der Waals surface area contributed by atoms with Crippen LogP contribution in [0.3, 0.4) is 0 Å². The van der Waals surface area contributed by atoms with Gasteiger partial charge >= 0.3 is 0 Å². The molecule has 12 atom stereocenters. The molecule has 1 aromatic rings. The smallest absolute Gasteiger partial charge is 0.227 e. The fraction of sp³-hybridized carbons (Fsp3) is 0.643. The van der Waals surface area contributed by atoms with E-state index in [9.17, 15) is 29.1 Å². The minimum atomic E-state index is -2.31.